The second kappa shape index (κ2) is 4.23. The molecule has 0 radical (unpaired) electrons. The van der Waals surface area contributed by atoms with Crippen molar-refractivity contribution in [3.8, 4) is 0 Å². The van der Waals surface area contributed by atoms with Crippen LogP contribution in [0, 0.1) is 23.7 Å². The third-order valence-corrected chi connectivity index (χ3v) is 5.39. The van der Waals surface area contributed by atoms with Crippen molar-refractivity contribution in [1.82, 2.24) is 0 Å². The van der Waals surface area contributed by atoms with Crippen molar-refractivity contribution < 1.29 is 0 Å². The number of allylic oxidation sites excluding steroid dienone is 2. The molecule has 4 unspecified atom stereocenters. The molecule has 0 nitrogen and oxygen atoms in total. The van der Waals surface area contributed by atoms with Crippen LogP contribution in [0.2, 0.25) is 0 Å². The summed E-state index contributed by atoms with van der Waals surface area (Å²) in [6.45, 7) is 2.45. The Kier molecular flexibility index (Phi) is 2.51. The van der Waals surface area contributed by atoms with Crippen molar-refractivity contribution in [2.75, 3.05) is 0 Å². The molecule has 4 rings (SSSR count). The fraction of sp³-hybridized carbons (Fsp3) is 0.368. The van der Waals surface area contributed by atoms with Crippen molar-refractivity contribution in [2.45, 2.75) is 19.8 Å². The SMILES string of the molecule is CC1C2C=CC(C2)C1Cc1cccc2ccccc12. The van der Waals surface area contributed by atoms with Crippen LogP contribution in [0.3, 0.4) is 0 Å². The van der Waals surface area contributed by atoms with E-state index in [1.165, 1.54) is 29.2 Å². The first kappa shape index (κ1) is 11.3. The molecule has 4 atom stereocenters. The number of hydrogen-bond donors (Lipinski definition) is 0. The monoisotopic (exact) mass is 248 g/mol. The summed E-state index contributed by atoms with van der Waals surface area (Å²) in [6.07, 6.45) is 7.57. The van der Waals surface area contributed by atoms with Crippen molar-refractivity contribution in [3.05, 3.63) is 60.2 Å². The van der Waals surface area contributed by atoms with E-state index >= 15 is 0 Å². The Labute approximate surface area is 115 Å². The molecule has 0 heteroatoms. The predicted octanol–water partition coefficient (Wildman–Crippen LogP) is 4.84. The lowest BCUT2D eigenvalue weighted by Crippen LogP contribution is -2.19. The summed E-state index contributed by atoms with van der Waals surface area (Å²) in [4.78, 5) is 0. The lowest BCUT2D eigenvalue weighted by Gasteiger charge is -2.25. The van der Waals surface area contributed by atoms with Gasteiger partial charge >= 0.3 is 0 Å². The summed E-state index contributed by atoms with van der Waals surface area (Å²) in [5.74, 6) is 3.39. The summed E-state index contributed by atoms with van der Waals surface area (Å²) in [5.41, 5.74) is 1.54. The molecule has 0 aliphatic heterocycles. The summed E-state index contributed by atoms with van der Waals surface area (Å²) >= 11 is 0. The van der Waals surface area contributed by atoms with Crippen LogP contribution in [-0.2, 0) is 6.42 Å². The first-order valence-electron chi connectivity index (χ1n) is 7.48. The summed E-state index contributed by atoms with van der Waals surface area (Å²) in [6, 6.07) is 15.6. The highest BCUT2D eigenvalue weighted by atomic mass is 14.5. The van der Waals surface area contributed by atoms with Crippen LogP contribution in [-0.4, -0.2) is 0 Å². The van der Waals surface area contributed by atoms with Gasteiger partial charge in [0.2, 0.25) is 0 Å². The second-order valence-electron chi connectivity index (χ2n) is 6.31. The third kappa shape index (κ3) is 1.74. The molecule has 0 heterocycles. The van der Waals surface area contributed by atoms with Gasteiger partial charge in [0, 0.05) is 0 Å². The largest absolute Gasteiger partial charge is 0.0848 e. The van der Waals surface area contributed by atoms with E-state index in [1.54, 1.807) is 0 Å². The van der Waals surface area contributed by atoms with Crippen molar-refractivity contribution in [2.24, 2.45) is 23.7 Å². The average Bonchev–Trinajstić information content (AvgIpc) is 3.03. The number of rotatable bonds is 2. The maximum atomic E-state index is 2.47. The zero-order chi connectivity index (χ0) is 12.8. The molecule has 2 aliphatic carbocycles. The van der Waals surface area contributed by atoms with Gasteiger partial charge in [-0.1, -0.05) is 61.5 Å². The van der Waals surface area contributed by atoms with Gasteiger partial charge in [0.15, 0.2) is 0 Å². The van der Waals surface area contributed by atoms with Crippen LogP contribution < -0.4 is 0 Å². The molecule has 2 aromatic carbocycles. The van der Waals surface area contributed by atoms with Gasteiger partial charge in [-0.15, -0.1) is 0 Å². The van der Waals surface area contributed by atoms with Gasteiger partial charge < -0.3 is 0 Å². The Bertz CT molecular complexity index is 632. The zero-order valence-corrected chi connectivity index (χ0v) is 11.4. The van der Waals surface area contributed by atoms with E-state index in [2.05, 4.69) is 61.5 Å². The minimum absolute atomic E-state index is 0.832. The van der Waals surface area contributed by atoms with Crippen LogP contribution in [0.25, 0.3) is 10.8 Å². The molecule has 1 fully saturated rings. The van der Waals surface area contributed by atoms with Gasteiger partial charge in [-0.05, 0) is 52.8 Å². The van der Waals surface area contributed by atoms with E-state index in [0.29, 0.717) is 0 Å². The fourth-order valence-corrected chi connectivity index (χ4v) is 4.23. The smallest absolute Gasteiger partial charge is 0.0152 e. The topological polar surface area (TPSA) is 0 Å². The molecule has 2 aromatic rings. The van der Waals surface area contributed by atoms with E-state index in [1.807, 2.05) is 0 Å². The molecule has 1 saturated carbocycles. The predicted molar refractivity (Wildman–Crippen MR) is 81.0 cm³/mol. The van der Waals surface area contributed by atoms with Gasteiger partial charge in [0.1, 0.15) is 0 Å². The molecule has 0 spiro atoms. The fourth-order valence-electron chi connectivity index (χ4n) is 4.23. The summed E-state index contributed by atoms with van der Waals surface area (Å²) < 4.78 is 0. The van der Waals surface area contributed by atoms with Gasteiger partial charge in [-0.25, -0.2) is 0 Å². The first-order valence-corrected chi connectivity index (χ1v) is 7.48. The van der Waals surface area contributed by atoms with Crippen molar-refractivity contribution in [1.29, 1.82) is 0 Å². The van der Waals surface area contributed by atoms with E-state index in [4.69, 9.17) is 0 Å². The number of hydrogen-bond acceptors (Lipinski definition) is 0. The minimum atomic E-state index is 0.832. The van der Waals surface area contributed by atoms with Crippen LogP contribution in [0.4, 0.5) is 0 Å². The number of benzene rings is 2. The maximum Gasteiger partial charge on any atom is -0.0152 e. The highest BCUT2D eigenvalue weighted by molar-refractivity contribution is 5.85. The Morgan fingerprint density at radius 3 is 2.58 bits per heavy atom. The van der Waals surface area contributed by atoms with Crippen LogP contribution in [0.1, 0.15) is 18.9 Å². The maximum absolute atomic E-state index is 2.47. The van der Waals surface area contributed by atoms with E-state index in [0.717, 1.165) is 23.7 Å². The van der Waals surface area contributed by atoms with Crippen LogP contribution >= 0.6 is 0 Å². The molecule has 0 saturated heterocycles. The second-order valence-corrected chi connectivity index (χ2v) is 6.31. The van der Waals surface area contributed by atoms with Crippen molar-refractivity contribution >= 4 is 10.8 Å². The van der Waals surface area contributed by atoms with E-state index in [9.17, 15) is 0 Å². The highest BCUT2D eigenvalue weighted by Gasteiger charge is 2.41. The minimum Gasteiger partial charge on any atom is -0.0848 e. The highest BCUT2D eigenvalue weighted by Crippen LogP contribution is 2.49. The molecular weight excluding hydrogens is 228 g/mol. The Morgan fingerprint density at radius 1 is 0.947 bits per heavy atom. The summed E-state index contributed by atoms with van der Waals surface area (Å²) in [7, 11) is 0. The molecule has 0 N–H and O–H groups in total. The number of fused-ring (bicyclic) bond motifs is 3. The molecule has 2 aliphatic rings. The van der Waals surface area contributed by atoms with Crippen molar-refractivity contribution in [3.63, 3.8) is 0 Å². The molecule has 0 amide bonds. The van der Waals surface area contributed by atoms with Gasteiger partial charge in [-0.3, -0.25) is 0 Å². The molecule has 0 aromatic heterocycles. The first-order chi connectivity index (χ1) is 9.33. The Balaban J connectivity index is 1.71. The molecule has 2 bridgehead atoms. The Hall–Kier alpha value is -1.56. The quantitative estimate of drug-likeness (QED) is 0.667. The molecule has 19 heavy (non-hydrogen) atoms. The Morgan fingerprint density at radius 2 is 1.74 bits per heavy atom. The van der Waals surface area contributed by atoms with Gasteiger partial charge in [0.25, 0.3) is 0 Å². The van der Waals surface area contributed by atoms with Gasteiger partial charge in [0.05, 0.1) is 0 Å². The summed E-state index contributed by atoms with van der Waals surface area (Å²) in [5, 5.41) is 2.83. The third-order valence-electron chi connectivity index (χ3n) is 5.39. The molecular formula is C19H20. The van der Waals surface area contributed by atoms with E-state index in [-0.39, 0.29) is 0 Å². The molecule has 96 valence electrons. The van der Waals surface area contributed by atoms with Gasteiger partial charge in [-0.2, -0.15) is 0 Å². The zero-order valence-electron chi connectivity index (χ0n) is 11.4. The lowest BCUT2D eigenvalue weighted by molar-refractivity contribution is 0.334. The normalized spacial score (nSPS) is 32.3. The van der Waals surface area contributed by atoms with E-state index < -0.39 is 0 Å². The van der Waals surface area contributed by atoms with Crippen LogP contribution in [0.15, 0.2) is 54.6 Å². The average molecular weight is 248 g/mol. The van der Waals surface area contributed by atoms with Crippen LogP contribution in [0.5, 0.6) is 0 Å². The lowest BCUT2D eigenvalue weighted by atomic mass is 9.80. The standard InChI is InChI=1S/C19H20/c1-13-15-9-10-17(11-15)19(13)12-16-7-4-6-14-5-2-3-8-18(14)16/h2-10,13,15,17,19H,11-12H2,1H3.